The first kappa shape index (κ1) is 22.2. The van der Waals surface area contributed by atoms with Gasteiger partial charge in [-0.1, -0.05) is 18.9 Å². The van der Waals surface area contributed by atoms with Gasteiger partial charge in [0.1, 0.15) is 0 Å². The highest BCUT2D eigenvalue weighted by Gasteiger charge is 2.32. The number of hydrogen-bond donors (Lipinski definition) is 0. The van der Waals surface area contributed by atoms with E-state index in [1.165, 1.54) is 25.7 Å². The Kier molecular flexibility index (Phi) is 5.74. The van der Waals surface area contributed by atoms with Gasteiger partial charge in [0.25, 0.3) is 5.91 Å². The van der Waals surface area contributed by atoms with E-state index in [9.17, 15) is 9.59 Å². The van der Waals surface area contributed by atoms with E-state index < -0.39 is 0 Å². The quantitative estimate of drug-likeness (QED) is 0.563. The second kappa shape index (κ2) is 9.06. The largest absolute Gasteiger partial charge is 0.339 e. The summed E-state index contributed by atoms with van der Waals surface area (Å²) < 4.78 is 1.76. The second-order valence-electron chi connectivity index (χ2n) is 10.3. The van der Waals surface area contributed by atoms with Crippen LogP contribution in [0.15, 0.2) is 30.5 Å². The fourth-order valence-electron chi connectivity index (χ4n) is 5.62. The fourth-order valence-corrected chi connectivity index (χ4v) is 5.62. The molecule has 0 atom stereocenters. The summed E-state index contributed by atoms with van der Waals surface area (Å²) in [6.07, 6.45) is 9.46. The smallest absolute Gasteiger partial charge is 0.254 e. The van der Waals surface area contributed by atoms with E-state index in [4.69, 9.17) is 10.1 Å². The number of pyridine rings is 2. The molecule has 0 unspecified atom stereocenters. The van der Waals surface area contributed by atoms with Crippen LogP contribution in [0.4, 0.5) is 0 Å². The van der Waals surface area contributed by atoms with Crippen molar-refractivity contribution in [2.75, 3.05) is 26.2 Å². The lowest BCUT2D eigenvalue weighted by molar-refractivity contribution is -0.133. The molecule has 0 radical (unpaired) electrons. The topological polar surface area (TPSA) is 84.2 Å². The first-order valence-electron chi connectivity index (χ1n) is 13.0. The van der Waals surface area contributed by atoms with Crippen LogP contribution in [0.3, 0.4) is 0 Å². The van der Waals surface area contributed by atoms with Crippen molar-refractivity contribution in [3.8, 4) is 5.82 Å². The molecule has 0 aromatic carbocycles. The first-order valence-corrected chi connectivity index (χ1v) is 13.0. The molecular weight excluding hydrogens is 440 g/mol. The maximum Gasteiger partial charge on any atom is 0.254 e. The van der Waals surface area contributed by atoms with Crippen LogP contribution in [0.2, 0.25) is 0 Å². The highest BCUT2D eigenvalue weighted by Crippen LogP contribution is 2.41. The maximum absolute atomic E-state index is 13.8. The summed E-state index contributed by atoms with van der Waals surface area (Å²) in [7, 11) is 0. The lowest BCUT2D eigenvalue weighted by atomic mass is 10.0. The van der Waals surface area contributed by atoms with Crippen molar-refractivity contribution in [3.05, 3.63) is 47.4 Å². The minimum atomic E-state index is 0.00543. The molecule has 3 aromatic rings. The molecule has 2 aliphatic carbocycles. The van der Waals surface area contributed by atoms with Crippen molar-refractivity contribution in [2.45, 2.75) is 57.8 Å². The van der Waals surface area contributed by atoms with E-state index in [1.807, 2.05) is 41.0 Å². The normalized spacial score (nSPS) is 19.0. The summed E-state index contributed by atoms with van der Waals surface area (Å²) in [6.45, 7) is 4.26. The van der Waals surface area contributed by atoms with Gasteiger partial charge in [0.05, 0.1) is 16.6 Å². The number of rotatable bonds is 5. The average molecular weight is 473 g/mol. The van der Waals surface area contributed by atoms with E-state index >= 15 is 0 Å². The number of hydrogen-bond acceptors (Lipinski definition) is 5. The summed E-state index contributed by atoms with van der Waals surface area (Å²) in [5.41, 5.74) is 3.10. The molecule has 0 N–H and O–H groups in total. The molecule has 35 heavy (non-hydrogen) atoms. The Labute approximate surface area is 205 Å². The maximum atomic E-state index is 13.8. The predicted octanol–water partition coefficient (Wildman–Crippen LogP) is 3.87. The Balaban J connectivity index is 1.26. The monoisotopic (exact) mass is 472 g/mol. The second-order valence-corrected chi connectivity index (χ2v) is 10.3. The lowest BCUT2D eigenvalue weighted by Gasteiger charge is -2.35. The third kappa shape index (κ3) is 4.30. The molecule has 6 rings (SSSR count). The molecule has 0 bridgehead atoms. The van der Waals surface area contributed by atoms with Crippen molar-refractivity contribution in [2.24, 2.45) is 5.92 Å². The van der Waals surface area contributed by atoms with Crippen LogP contribution in [0.25, 0.3) is 16.9 Å². The summed E-state index contributed by atoms with van der Waals surface area (Å²) in [4.78, 5) is 39.8. The number of aryl methyl sites for hydroxylation is 1. The van der Waals surface area contributed by atoms with E-state index in [1.54, 1.807) is 10.9 Å². The standard InChI is InChI=1S/C27H32N6O2/c1-18-25-21(27(35)32-14-12-31(13-15-32)24(34)16-19-6-2-3-7-19)17-22(20-9-10-20)29-26(25)33(30-18)23-8-4-5-11-28-23/h4-5,8,11,17,19-20H,2-3,6-7,9-10,12-16H2,1H3. The molecule has 1 aliphatic heterocycles. The van der Waals surface area contributed by atoms with Crippen LogP contribution < -0.4 is 0 Å². The molecule has 2 saturated carbocycles. The van der Waals surface area contributed by atoms with E-state index in [2.05, 4.69) is 4.98 Å². The fraction of sp³-hybridized carbons (Fsp3) is 0.519. The van der Waals surface area contributed by atoms with Crippen LogP contribution in [0, 0.1) is 12.8 Å². The van der Waals surface area contributed by atoms with Crippen LogP contribution in [-0.4, -0.2) is 67.5 Å². The molecular formula is C27H32N6O2. The Bertz CT molecular complexity index is 1250. The van der Waals surface area contributed by atoms with Crippen molar-refractivity contribution in [3.63, 3.8) is 0 Å². The van der Waals surface area contributed by atoms with Crippen molar-refractivity contribution < 1.29 is 9.59 Å². The van der Waals surface area contributed by atoms with Gasteiger partial charge in [-0.2, -0.15) is 9.78 Å². The summed E-state index contributed by atoms with van der Waals surface area (Å²) in [5, 5.41) is 5.52. The molecule has 1 saturated heterocycles. The summed E-state index contributed by atoms with van der Waals surface area (Å²) in [6, 6.07) is 7.69. The van der Waals surface area contributed by atoms with Gasteiger partial charge in [-0.25, -0.2) is 9.97 Å². The number of carbonyl (C=O) groups is 2. The number of carbonyl (C=O) groups excluding carboxylic acids is 2. The Morgan fingerprint density at radius 1 is 1.00 bits per heavy atom. The number of aromatic nitrogens is 4. The zero-order valence-electron chi connectivity index (χ0n) is 20.3. The number of fused-ring (bicyclic) bond motifs is 1. The van der Waals surface area contributed by atoms with Gasteiger partial charge < -0.3 is 9.80 Å². The Hall–Kier alpha value is -3.29. The highest BCUT2D eigenvalue weighted by molar-refractivity contribution is 6.07. The van der Waals surface area contributed by atoms with Crippen LogP contribution in [0.5, 0.6) is 0 Å². The average Bonchev–Trinajstić information content (AvgIpc) is 3.53. The molecule has 8 nitrogen and oxygen atoms in total. The van der Waals surface area contributed by atoms with Gasteiger partial charge in [-0.05, 0) is 56.7 Å². The number of piperazine rings is 1. The summed E-state index contributed by atoms with van der Waals surface area (Å²) >= 11 is 0. The summed E-state index contributed by atoms with van der Waals surface area (Å²) in [5.74, 6) is 1.90. The van der Waals surface area contributed by atoms with Crippen molar-refractivity contribution >= 4 is 22.8 Å². The zero-order chi connectivity index (χ0) is 23.9. The number of amides is 2. The van der Waals surface area contributed by atoms with Crippen molar-refractivity contribution in [1.82, 2.24) is 29.5 Å². The van der Waals surface area contributed by atoms with Gasteiger partial charge in [-0.15, -0.1) is 0 Å². The highest BCUT2D eigenvalue weighted by atomic mass is 16.2. The molecule has 0 spiro atoms. The van der Waals surface area contributed by atoms with E-state index in [0.29, 0.717) is 61.5 Å². The van der Waals surface area contributed by atoms with E-state index in [0.717, 1.165) is 29.6 Å². The van der Waals surface area contributed by atoms with Gasteiger partial charge in [0.2, 0.25) is 5.91 Å². The van der Waals surface area contributed by atoms with Gasteiger partial charge >= 0.3 is 0 Å². The molecule has 4 heterocycles. The molecule has 8 heteroatoms. The van der Waals surface area contributed by atoms with Gasteiger partial charge in [-0.3, -0.25) is 9.59 Å². The van der Waals surface area contributed by atoms with E-state index in [-0.39, 0.29) is 11.8 Å². The molecule has 182 valence electrons. The molecule has 3 aliphatic rings. The van der Waals surface area contributed by atoms with Crippen LogP contribution >= 0.6 is 0 Å². The lowest BCUT2D eigenvalue weighted by Crippen LogP contribution is -2.50. The Morgan fingerprint density at radius 2 is 1.74 bits per heavy atom. The first-order chi connectivity index (χ1) is 17.1. The molecule has 3 aromatic heterocycles. The predicted molar refractivity (Wildman–Crippen MR) is 132 cm³/mol. The Morgan fingerprint density at radius 3 is 2.43 bits per heavy atom. The minimum Gasteiger partial charge on any atom is -0.339 e. The minimum absolute atomic E-state index is 0.00543. The number of nitrogens with zero attached hydrogens (tertiary/aromatic N) is 6. The van der Waals surface area contributed by atoms with Crippen molar-refractivity contribution in [1.29, 1.82) is 0 Å². The zero-order valence-corrected chi connectivity index (χ0v) is 20.3. The third-order valence-corrected chi connectivity index (χ3v) is 7.78. The SMILES string of the molecule is Cc1nn(-c2ccccn2)c2nc(C3CC3)cc(C(=O)N3CCN(C(=O)CC4CCCC4)CC3)c12. The van der Waals surface area contributed by atoms with Gasteiger partial charge in [0, 0.05) is 50.4 Å². The molecule has 2 amide bonds. The van der Waals surface area contributed by atoms with Crippen LogP contribution in [0.1, 0.15) is 72.6 Å². The van der Waals surface area contributed by atoms with Gasteiger partial charge in [0.15, 0.2) is 11.5 Å². The molecule has 3 fully saturated rings. The third-order valence-electron chi connectivity index (χ3n) is 7.78. The van der Waals surface area contributed by atoms with Crippen LogP contribution in [-0.2, 0) is 4.79 Å².